The fourth-order valence-electron chi connectivity index (χ4n) is 11.8. The summed E-state index contributed by atoms with van der Waals surface area (Å²) in [5.41, 5.74) is 3.89. The summed E-state index contributed by atoms with van der Waals surface area (Å²) in [6.07, 6.45) is 9.74. The zero-order valence-corrected chi connectivity index (χ0v) is 48.7. The fourth-order valence-corrected chi connectivity index (χ4v) is 25.9. The third-order valence-corrected chi connectivity index (χ3v) is 29.4. The first kappa shape index (κ1) is 51.6. The summed E-state index contributed by atoms with van der Waals surface area (Å²) in [6, 6.07) is 18.1. The normalized spacial score (nSPS) is 19.0. The second-order valence-electron chi connectivity index (χ2n) is 19.1. The molecule has 3 aliphatic heterocycles. The Morgan fingerprint density at radius 3 is 0.625 bits per heavy atom. The van der Waals surface area contributed by atoms with Gasteiger partial charge in [0.15, 0.2) is 34.5 Å². The van der Waals surface area contributed by atoms with Crippen LogP contribution >= 0.6 is 18.1 Å². The molecule has 0 N–H and O–H groups in total. The van der Waals surface area contributed by atoms with Gasteiger partial charge < -0.3 is 28.4 Å². The molecule has 0 aliphatic carbocycles. The Balaban J connectivity index is 1.51. The monoisotopic (exact) mass is 1070 g/mol. The molecule has 3 aliphatic rings. The van der Waals surface area contributed by atoms with E-state index in [1.165, 1.54) is 16.7 Å². The molecule has 378 valence electrons. The van der Waals surface area contributed by atoms with E-state index in [4.69, 9.17) is 63.8 Å². The van der Waals surface area contributed by atoms with Crippen LogP contribution < -0.4 is 76.2 Å². The third-order valence-electron chi connectivity index (χ3n) is 14.8. The minimum absolute atomic E-state index is 0.401. The smallest absolute Gasteiger partial charge is 0.171 e. The van der Waals surface area contributed by atoms with E-state index in [1.807, 2.05) is 0 Å². The van der Waals surface area contributed by atoms with Crippen LogP contribution in [-0.4, -0.2) is 39.6 Å². The van der Waals surface area contributed by atoms with E-state index in [9.17, 15) is 0 Å². The van der Waals surface area contributed by atoms with Gasteiger partial charge in [-0.05, 0) is 113 Å². The van der Waals surface area contributed by atoms with Gasteiger partial charge in [-0.2, -0.15) is 0 Å². The van der Waals surface area contributed by atoms with Gasteiger partial charge in [0.05, 0.1) is 39.6 Å². The molecule has 7 aromatic carbocycles. The Bertz CT molecular complexity index is 2890. The summed E-state index contributed by atoms with van der Waals surface area (Å²) >= 11 is 22.9. The Hall–Kier alpha value is -3.93. The lowest BCUT2D eigenvalue weighted by Gasteiger charge is -2.29. The summed E-state index contributed by atoms with van der Waals surface area (Å²) in [5, 5.41) is 15.7. The first-order valence-corrected chi connectivity index (χ1v) is 35.1. The van der Waals surface area contributed by atoms with Gasteiger partial charge in [0.2, 0.25) is 0 Å². The summed E-state index contributed by atoms with van der Waals surface area (Å²) in [7, 11) is 0. The van der Waals surface area contributed by atoms with Crippen molar-refractivity contribution >= 4 is 134 Å². The standard InChI is InChI=1S/C60H69O6P3S3/c1-10-19-22-37-25-31-40(32-26-37)67(70)55-43-44-46-48-47-45(43)57(51(63-15-6)49(55)61-13-4)68(71,41-33-27-38(28-34-41)23-20-11-2)59(47)53(65-17-8)54(66-18-9)60(48)69(72,42-35-29-39(30-36-42)24-21-12-3)58(46)52(64-16-7)50(56(44)67)62-14-5/h25-36H,10-24H2,1-9H3. The highest BCUT2D eigenvalue weighted by atomic mass is 32.4. The molecule has 3 heterocycles. The quantitative estimate of drug-likeness (QED) is 0.0435. The number of benzene rings is 7. The van der Waals surface area contributed by atoms with E-state index in [2.05, 4.69) is 135 Å². The van der Waals surface area contributed by atoms with Gasteiger partial charge in [0, 0.05) is 82.3 Å². The van der Waals surface area contributed by atoms with Crippen LogP contribution in [0.25, 0.3) is 32.3 Å². The maximum atomic E-state index is 7.63. The van der Waals surface area contributed by atoms with Gasteiger partial charge in [0.25, 0.3) is 0 Å². The van der Waals surface area contributed by atoms with Crippen LogP contribution in [0, 0.1) is 0 Å². The average Bonchev–Trinajstić information content (AvgIpc) is 3.95. The maximum absolute atomic E-state index is 7.63. The molecule has 0 radical (unpaired) electrons. The Kier molecular flexibility index (Phi) is 14.8. The SMILES string of the molecule is CCCCc1ccc(P2(=S)c3c(OCC)c(OCC)c4c5c3c3c2c(OCC)c(OCC)c2c3c3c(c(OCC)c(OCC)c(c53)P4(=S)c3ccc(CCCC)cc3)P2(=S)c2ccc(CCCC)cc2)cc1. The van der Waals surface area contributed by atoms with E-state index < -0.39 is 18.1 Å². The van der Waals surface area contributed by atoms with Crippen LogP contribution in [0.5, 0.6) is 34.5 Å². The molecule has 0 fully saturated rings. The van der Waals surface area contributed by atoms with Crippen molar-refractivity contribution in [3.8, 4) is 34.5 Å². The molecule has 6 nitrogen and oxygen atoms in total. The molecule has 0 spiro atoms. The summed E-state index contributed by atoms with van der Waals surface area (Å²) in [5.74, 6) is 4.11. The van der Waals surface area contributed by atoms with Crippen LogP contribution in [0.4, 0.5) is 0 Å². The van der Waals surface area contributed by atoms with Gasteiger partial charge in [0.1, 0.15) is 0 Å². The molecule has 0 bridgehead atoms. The molecule has 0 saturated carbocycles. The van der Waals surface area contributed by atoms with E-state index in [0.717, 1.165) is 138 Å². The predicted molar refractivity (Wildman–Crippen MR) is 321 cm³/mol. The van der Waals surface area contributed by atoms with Crippen LogP contribution in [0.3, 0.4) is 0 Å². The molecular formula is C60H69O6P3S3. The summed E-state index contributed by atoms with van der Waals surface area (Å²) in [4.78, 5) is 0. The van der Waals surface area contributed by atoms with Gasteiger partial charge in [-0.1, -0.05) is 148 Å². The van der Waals surface area contributed by atoms with E-state index >= 15 is 0 Å². The lowest BCUT2D eigenvalue weighted by molar-refractivity contribution is 0.292. The van der Waals surface area contributed by atoms with Crippen LogP contribution in [0.15, 0.2) is 72.8 Å². The van der Waals surface area contributed by atoms with Gasteiger partial charge >= 0.3 is 0 Å². The maximum Gasteiger partial charge on any atom is 0.171 e. The Morgan fingerprint density at radius 1 is 0.292 bits per heavy atom. The molecule has 0 aromatic heterocycles. The first-order valence-electron chi connectivity index (χ1n) is 26.7. The highest BCUT2D eigenvalue weighted by Crippen LogP contribution is 2.70. The Labute approximate surface area is 442 Å². The van der Waals surface area contributed by atoms with Crippen molar-refractivity contribution in [2.24, 2.45) is 0 Å². The number of hydrogen-bond donors (Lipinski definition) is 0. The minimum Gasteiger partial charge on any atom is -0.489 e. The Morgan fingerprint density at radius 2 is 0.472 bits per heavy atom. The predicted octanol–water partition coefficient (Wildman–Crippen LogP) is 11.8. The van der Waals surface area contributed by atoms with Crippen LogP contribution in [0.2, 0.25) is 0 Å². The van der Waals surface area contributed by atoms with Crippen molar-refractivity contribution in [3.05, 3.63) is 89.5 Å². The highest BCUT2D eigenvalue weighted by molar-refractivity contribution is 8.28. The van der Waals surface area contributed by atoms with Crippen molar-refractivity contribution in [1.29, 1.82) is 0 Å². The van der Waals surface area contributed by atoms with E-state index in [1.54, 1.807) is 0 Å². The molecular weight excluding hydrogens is 1010 g/mol. The minimum atomic E-state index is -3.11. The number of ether oxygens (including phenoxy) is 6. The van der Waals surface area contributed by atoms with E-state index in [-0.39, 0.29) is 0 Å². The van der Waals surface area contributed by atoms with Crippen molar-refractivity contribution in [2.75, 3.05) is 39.6 Å². The van der Waals surface area contributed by atoms with Gasteiger partial charge in [-0.3, -0.25) is 0 Å². The average molecular weight is 1080 g/mol. The number of rotatable bonds is 24. The van der Waals surface area contributed by atoms with Crippen molar-refractivity contribution in [1.82, 2.24) is 0 Å². The molecule has 72 heavy (non-hydrogen) atoms. The largest absolute Gasteiger partial charge is 0.489 e. The van der Waals surface area contributed by atoms with Crippen molar-refractivity contribution in [2.45, 2.75) is 120 Å². The lowest BCUT2D eigenvalue weighted by atomic mass is 9.93. The summed E-state index contributed by atoms with van der Waals surface area (Å²) in [6.45, 7) is 21.5. The molecule has 12 heteroatoms. The second kappa shape index (κ2) is 20.7. The number of aryl methyl sites for hydroxylation is 3. The molecule has 0 atom stereocenters. The van der Waals surface area contributed by atoms with E-state index in [0.29, 0.717) is 74.1 Å². The number of hydrogen-bond acceptors (Lipinski definition) is 9. The molecule has 0 amide bonds. The fraction of sp³-hybridized carbons (Fsp3) is 0.400. The molecule has 10 rings (SSSR count). The summed E-state index contributed by atoms with van der Waals surface area (Å²) < 4.78 is 43.0. The zero-order chi connectivity index (χ0) is 50.7. The topological polar surface area (TPSA) is 55.4 Å². The molecule has 0 saturated heterocycles. The lowest BCUT2D eigenvalue weighted by Crippen LogP contribution is -2.28. The molecule has 0 unspecified atom stereocenters. The van der Waals surface area contributed by atoms with Crippen LogP contribution in [-0.2, 0) is 54.7 Å². The van der Waals surface area contributed by atoms with Crippen molar-refractivity contribution < 1.29 is 28.4 Å². The second-order valence-corrected chi connectivity index (χ2v) is 31.9. The first-order chi connectivity index (χ1) is 35.0. The van der Waals surface area contributed by atoms with Crippen molar-refractivity contribution in [3.63, 3.8) is 0 Å². The van der Waals surface area contributed by atoms with Gasteiger partial charge in [-0.15, -0.1) is 0 Å². The zero-order valence-electron chi connectivity index (χ0n) is 43.6. The highest BCUT2D eigenvalue weighted by Gasteiger charge is 2.56. The third kappa shape index (κ3) is 7.43. The van der Waals surface area contributed by atoms with Crippen LogP contribution in [0.1, 0.15) is 118 Å². The molecule has 7 aromatic rings. The number of unbranched alkanes of at least 4 members (excludes halogenated alkanes) is 3. The van der Waals surface area contributed by atoms with Gasteiger partial charge in [-0.25, -0.2) is 0 Å².